The molecule has 1 amide bonds. The zero-order valence-corrected chi connectivity index (χ0v) is 18.2. The summed E-state index contributed by atoms with van der Waals surface area (Å²) in [4.78, 5) is 24.5. The highest BCUT2D eigenvalue weighted by Gasteiger charge is 2.36. The summed E-state index contributed by atoms with van der Waals surface area (Å²) in [5.74, 6) is 0.417. The fourth-order valence-electron chi connectivity index (χ4n) is 3.99. The fraction of sp³-hybridized carbons (Fsp3) is 0.455. The van der Waals surface area contributed by atoms with E-state index in [0.29, 0.717) is 29.6 Å². The first-order valence-corrected chi connectivity index (χ1v) is 10.2. The van der Waals surface area contributed by atoms with Crippen LogP contribution < -0.4 is 10.2 Å². The minimum Gasteiger partial charge on any atom is -0.465 e. The van der Waals surface area contributed by atoms with E-state index in [1.165, 1.54) is 17.0 Å². The molecule has 31 heavy (non-hydrogen) atoms. The number of aromatic nitrogens is 2. The summed E-state index contributed by atoms with van der Waals surface area (Å²) >= 11 is 0. The lowest BCUT2D eigenvalue weighted by Crippen LogP contribution is -2.57. The van der Waals surface area contributed by atoms with Crippen molar-refractivity contribution >= 4 is 17.9 Å². The summed E-state index contributed by atoms with van der Waals surface area (Å²) in [6, 6.07) is 7.78. The van der Waals surface area contributed by atoms with Gasteiger partial charge in [0.15, 0.2) is 0 Å². The standard InChI is InChI=1S/C22H27FN6O2/c1-22(2,3)29(21(30)31)16-6-5-9-28(13-16)19-11-18(26-20(25-4)27-19)14-7-8-15(12-24)17(23)10-14/h7-8,10-11,16H,5-6,9,13H2,1-4H3,(H,30,31)(H,25,26,27)/t16-/m1/s1. The number of halogens is 1. The molecular formula is C22H27FN6O2. The van der Waals surface area contributed by atoms with E-state index in [1.54, 1.807) is 19.2 Å². The van der Waals surface area contributed by atoms with Gasteiger partial charge in [-0.1, -0.05) is 6.07 Å². The van der Waals surface area contributed by atoms with Crippen LogP contribution in [0.1, 0.15) is 39.2 Å². The number of nitriles is 1. The zero-order chi connectivity index (χ0) is 22.8. The normalized spacial score (nSPS) is 16.5. The van der Waals surface area contributed by atoms with Crippen LogP contribution in [0.5, 0.6) is 0 Å². The second-order valence-electron chi connectivity index (χ2n) is 8.56. The number of anilines is 2. The van der Waals surface area contributed by atoms with Gasteiger partial charge in [0, 0.05) is 37.3 Å². The van der Waals surface area contributed by atoms with Gasteiger partial charge in [-0.15, -0.1) is 0 Å². The van der Waals surface area contributed by atoms with Crippen LogP contribution in [-0.4, -0.2) is 57.8 Å². The van der Waals surface area contributed by atoms with Crippen LogP contribution in [-0.2, 0) is 0 Å². The Balaban J connectivity index is 1.95. The van der Waals surface area contributed by atoms with Crippen LogP contribution in [0.4, 0.5) is 21.0 Å². The van der Waals surface area contributed by atoms with Crippen LogP contribution in [0.15, 0.2) is 24.3 Å². The highest BCUT2D eigenvalue weighted by atomic mass is 19.1. The Morgan fingerprint density at radius 3 is 2.68 bits per heavy atom. The Labute approximate surface area is 181 Å². The molecule has 2 aromatic rings. The number of hydrogen-bond acceptors (Lipinski definition) is 6. The minimum absolute atomic E-state index is 0.0262. The highest BCUT2D eigenvalue weighted by molar-refractivity contribution is 5.68. The largest absolute Gasteiger partial charge is 0.465 e. The van der Waals surface area contributed by atoms with E-state index in [0.717, 1.165) is 19.4 Å². The molecule has 1 atom stereocenters. The van der Waals surface area contributed by atoms with Gasteiger partial charge in [0.1, 0.15) is 17.7 Å². The number of carbonyl (C=O) groups is 1. The molecule has 2 heterocycles. The maximum absolute atomic E-state index is 14.1. The number of rotatable bonds is 4. The van der Waals surface area contributed by atoms with Crippen molar-refractivity contribution in [2.75, 3.05) is 30.4 Å². The Hall–Kier alpha value is -3.41. The van der Waals surface area contributed by atoms with Crippen molar-refractivity contribution in [3.8, 4) is 17.3 Å². The van der Waals surface area contributed by atoms with Crippen LogP contribution in [0.2, 0.25) is 0 Å². The summed E-state index contributed by atoms with van der Waals surface area (Å²) < 4.78 is 14.1. The summed E-state index contributed by atoms with van der Waals surface area (Å²) in [5, 5.41) is 21.7. The van der Waals surface area contributed by atoms with E-state index < -0.39 is 17.4 Å². The minimum atomic E-state index is -0.938. The molecule has 164 valence electrons. The Bertz CT molecular complexity index is 1010. The van der Waals surface area contributed by atoms with Crippen molar-refractivity contribution in [2.45, 2.75) is 45.2 Å². The van der Waals surface area contributed by atoms with Crippen molar-refractivity contribution in [1.82, 2.24) is 14.9 Å². The average molecular weight is 426 g/mol. The molecule has 8 nitrogen and oxygen atoms in total. The van der Waals surface area contributed by atoms with Gasteiger partial charge >= 0.3 is 6.09 Å². The molecule has 1 fully saturated rings. The second kappa shape index (κ2) is 8.76. The molecule has 0 saturated carbocycles. The molecule has 1 saturated heterocycles. The summed E-state index contributed by atoms with van der Waals surface area (Å²) in [6.07, 6.45) is 0.661. The van der Waals surface area contributed by atoms with E-state index in [2.05, 4.69) is 15.3 Å². The van der Waals surface area contributed by atoms with Crippen LogP contribution >= 0.6 is 0 Å². The lowest BCUT2D eigenvalue weighted by atomic mass is 9.97. The molecule has 1 aromatic heterocycles. The van der Waals surface area contributed by atoms with Gasteiger partial charge < -0.3 is 15.3 Å². The Morgan fingerprint density at radius 1 is 1.35 bits per heavy atom. The number of carboxylic acid groups (broad SMARTS) is 1. The van der Waals surface area contributed by atoms with Crippen molar-refractivity contribution < 1.29 is 14.3 Å². The fourth-order valence-corrected chi connectivity index (χ4v) is 3.99. The van der Waals surface area contributed by atoms with Gasteiger partial charge in [0.05, 0.1) is 17.3 Å². The first kappa shape index (κ1) is 22.3. The van der Waals surface area contributed by atoms with Gasteiger partial charge in [-0.25, -0.2) is 14.2 Å². The predicted octanol–water partition coefficient (Wildman–Crippen LogP) is 3.94. The third kappa shape index (κ3) is 4.85. The third-order valence-corrected chi connectivity index (χ3v) is 5.34. The lowest BCUT2D eigenvalue weighted by Gasteiger charge is -2.44. The molecule has 1 aliphatic heterocycles. The molecule has 1 aromatic carbocycles. The number of piperidine rings is 1. The van der Waals surface area contributed by atoms with Crippen molar-refractivity contribution in [2.24, 2.45) is 0 Å². The smallest absolute Gasteiger partial charge is 0.408 e. The molecule has 0 aliphatic carbocycles. The van der Waals surface area contributed by atoms with E-state index >= 15 is 0 Å². The Morgan fingerprint density at radius 2 is 2.10 bits per heavy atom. The summed E-state index contributed by atoms with van der Waals surface area (Å²) in [7, 11) is 1.70. The number of amides is 1. The molecule has 0 spiro atoms. The molecule has 3 rings (SSSR count). The first-order valence-electron chi connectivity index (χ1n) is 10.2. The van der Waals surface area contributed by atoms with Crippen LogP contribution in [0.3, 0.4) is 0 Å². The lowest BCUT2D eigenvalue weighted by molar-refractivity contribution is 0.0647. The number of nitrogens with zero attached hydrogens (tertiary/aromatic N) is 5. The maximum Gasteiger partial charge on any atom is 0.408 e. The van der Waals surface area contributed by atoms with Gasteiger partial charge in [0.2, 0.25) is 5.95 Å². The van der Waals surface area contributed by atoms with Gasteiger partial charge in [-0.3, -0.25) is 4.90 Å². The van der Waals surface area contributed by atoms with Crippen LogP contribution in [0, 0.1) is 17.1 Å². The maximum atomic E-state index is 14.1. The van der Waals surface area contributed by atoms with E-state index in [-0.39, 0.29) is 11.6 Å². The van der Waals surface area contributed by atoms with E-state index in [1.807, 2.05) is 31.7 Å². The third-order valence-electron chi connectivity index (χ3n) is 5.34. The molecule has 1 aliphatic rings. The quantitative estimate of drug-likeness (QED) is 0.763. The second-order valence-corrected chi connectivity index (χ2v) is 8.56. The predicted molar refractivity (Wildman–Crippen MR) is 117 cm³/mol. The number of hydrogen-bond donors (Lipinski definition) is 2. The van der Waals surface area contributed by atoms with Crippen molar-refractivity contribution in [3.05, 3.63) is 35.6 Å². The van der Waals surface area contributed by atoms with Crippen molar-refractivity contribution in [3.63, 3.8) is 0 Å². The van der Waals surface area contributed by atoms with Gasteiger partial charge in [-0.05, 0) is 45.7 Å². The molecular weight excluding hydrogens is 399 g/mol. The SMILES string of the molecule is CNc1nc(-c2ccc(C#N)c(F)c2)cc(N2CCC[C@@H](N(C(=O)O)C(C)(C)C)C2)n1. The Kier molecular flexibility index (Phi) is 6.29. The summed E-state index contributed by atoms with van der Waals surface area (Å²) in [5.41, 5.74) is 0.506. The van der Waals surface area contributed by atoms with E-state index in [9.17, 15) is 14.3 Å². The number of nitrogens with one attached hydrogen (secondary N) is 1. The average Bonchev–Trinajstić information content (AvgIpc) is 2.72. The molecule has 0 radical (unpaired) electrons. The van der Waals surface area contributed by atoms with Gasteiger partial charge in [0.25, 0.3) is 0 Å². The molecule has 2 N–H and O–H groups in total. The monoisotopic (exact) mass is 426 g/mol. The highest BCUT2D eigenvalue weighted by Crippen LogP contribution is 2.29. The first-order chi connectivity index (χ1) is 14.6. The summed E-state index contributed by atoms with van der Waals surface area (Å²) in [6.45, 7) is 6.91. The topological polar surface area (TPSA) is 105 Å². The van der Waals surface area contributed by atoms with Crippen molar-refractivity contribution in [1.29, 1.82) is 5.26 Å². The molecule has 0 unspecified atom stereocenters. The van der Waals surface area contributed by atoms with Crippen LogP contribution in [0.25, 0.3) is 11.3 Å². The molecule has 9 heteroatoms. The molecule has 0 bridgehead atoms. The van der Waals surface area contributed by atoms with E-state index in [4.69, 9.17) is 5.26 Å². The number of benzene rings is 1. The van der Waals surface area contributed by atoms with Gasteiger partial charge in [-0.2, -0.15) is 10.2 Å². The zero-order valence-electron chi connectivity index (χ0n) is 18.2.